The Kier molecular flexibility index (Phi) is 2.70. The average Bonchev–Trinajstić information content (AvgIpc) is 2.35. The van der Waals surface area contributed by atoms with Crippen molar-refractivity contribution in [2.24, 2.45) is 22.5 Å². The van der Waals surface area contributed by atoms with Gasteiger partial charge >= 0.3 is 0 Å². The highest BCUT2D eigenvalue weighted by Gasteiger charge is 2.20. The van der Waals surface area contributed by atoms with Gasteiger partial charge in [-0.3, -0.25) is 5.43 Å². The number of aliphatic imine (C=N–C) groups is 1. The van der Waals surface area contributed by atoms with Crippen LogP contribution in [0.4, 0.5) is 0 Å². The van der Waals surface area contributed by atoms with Gasteiger partial charge in [0.25, 0.3) is 0 Å². The molecular weight excluding hydrogens is 140 g/mol. The maximum absolute atomic E-state index is 5.41. The highest BCUT2D eigenvalue weighted by atomic mass is 15.3. The van der Waals surface area contributed by atoms with E-state index in [9.17, 15) is 0 Å². The summed E-state index contributed by atoms with van der Waals surface area (Å²) < 4.78 is 0. The molecule has 2 unspecified atom stereocenters. The van der Waals surface area contributed by atoms with E-state index in [4.69, 9.17) is 11.6 Å². The van der Waals surface area contributed by atoms with Crippen molar-refractivity contribution in [2.75, 3.05) is 0 Å². The van der Waals surface area contributed by atoms with Gasteiger partial charge in [0.1, 0.15) is 0 Å². The lowest BCUT2D eigenvalue weighted by atomic mass is 10.1. The van der Waals surface area contributed by atoms with Gasteiger partial charge in [-0.1, -0.05) is 6.92 Å². The zero-order valence-electron chi connectivity index (χ0n) is 6.88. The molecule has 0 saturated heterocycles. The number of hydrazine groups is 1. The van der Waals surface area contributed by atoms with E-state index >= 15 is 0 Å². The molecule has 5 N–H and O–H groups in total. The maximum atomic E-state index is 5.41. The summed E-state index contributed by atoms with van der Waals surface area (Å²) in [6, 6.07) is 0.390. The van der Waals surface area contributed by atoms with E-state index in [1.54, 1.807) is 0 Å². The Bertz CT molecular complexity index is 155. The molecule has 1 aliphatic carbocycles. The Balaban J connectivity index is 2.38. The molecule has 0 aromatic carbocycles. The predicted octanol–water partition coefficient (Wildman–Crippen LogP) is -0.0470. The van der Waals surface area contributed by atoms with Crippen molar-refractivity contribution in [1.29, 1.82) is 0 Å². The van der Waals surface area contributed by atoms with E-state index < -0.39 is 0 Å². The molecule has 0 amide bonds. The number of nitrogens with one attached hydrogen (secondary N) is 1. The normalized spacial score (nSPS) is 32.4. The van der Waals surface area contributed by atoms with Gasteiger partial charge in [0, 0.05) is 0 Å². The lowest BCUT2D eigenvalue weighted by Crippen LogP contribution is -2.37. The van der Waals surface area contributed by atoms with Crippen molar-refractivity contribution < 1.29 is 0 Å². The quantitative estimate of drug-likeness (QED) is 0.216. The van der Waals surface area contributed by atoms with E-state index in [1.807, 2.05) is 0 Å². The molecule has 0 spiro atoms. The Labute approximate surface area is 67.0 Å². The van der Waals surface area contributed by atoms with Crippen molar-refractivity contribution in [1.82, 2.24) is 5.43 Å². The summed E-state index contributed by atoms with van der Waals surface area (Å²) in [5, 5.41) is 0. The van der Waals surface area contributed by atoms with E-state index in [0.717, 1.165) is 18.8 Å². The van der Waals surface area contributed by atoms with Crippen LogP contribution in [0, 0.1) is 5.92 Å². The van der Waals surface area contributed by atoms with Gasteiger partial charge in [-0.15, -0.1) is 0 Å². The second kappa shape index (κ2) is 3.57. The number of nitrogens with zero attached hydrogens (tertiary/aromatic N) is 1. The molecule has 11 heavy (non-hydrogen) atoms. The maximum Gasteiger partial charge on any atom is 0.203 e. The minimum atomic E-state index is 0.351. The molecule has 1 saturated carbocycles. The first-order chi connectivity index (χ1) is 5.22. The summed E-state index contributed by atoms with van der Waals surface area (Å²) in [6.45, 7) is 2.24. The lowest BCUT2D eigenvalue weighted by Gasteiger charge is -2.04. The Morgan fingerprint density at radius 1 is 1.55 bits per heavy atom. The van der Waals surface area contributed by atoms with Crippen LogP contribution in [0.2, 0.25) is 0 Å². The number of hydrogen-bond donors (Lipinski definition) is 3. The summed E-state index contributed by atoms with van der Waals surface area (Å²) in [6.07, 6.45) is 3.54. The molecule has 0 aromatic rings. The second-order valence-electron chi connectivity index (χ2n) is 3.23. The van der Waals surface area contributed by atoms with Crippen LogP contribution in [0.5, 0.6) is 0 Å². The largest absolute Gasteiger partial charge is 0.369 e. The number of guanidine groups is 1. The van der Waals surface area contributed by atoms with Crippen LogP contribution in [0.25, 0.3) is 0 Å². The highest BCUT2D eigenvalue weighted by Crippen LogP contribution is 2.26. The molecule has 1 aliphatic rings. The van der Waals surface area contributed by atoms with Crippen LogP contribution in [-0.4, -0.2) is 12.0 Å². The first-order valence-electron chi connectivity index (χ1n) is 4.02. The van der Waals surface area contributed by atoms with Crippen LogP contribution < -0.4 is 17.0 Å². The molecule has 0 heterocycles. The van der Waals surface area contributed by atoms with Gasteiger partial charge in [0.05, 0.1) is 6.04 Å². The molecule has 2 atom stereocenters. The van der Waals surface area contributed by atoms with E-state index in [1.165, 1.54) is 6.42 Å². The highest BCUT2D eigenvalue weighted by molar-refractivity contribution is 5.77. The average molecular weight is 156 g/mol. The predicted molar refractivity (Wildman–Crippen MR) is 45.7 cm³/mol. The third kappa shape index (κ3) is 2.38. The zero-order valence-corrected chi connectivity index (χ0v) is 6.88. The van der Waals surface area contributed by atoms with Gasteiger partial charge in [-0.2, -0.15) is 0 Å². The molecule has 64 valence electrons. The fourth-order valence-corrected chi connectivity index (χ4v) is 1.53. The first kappa shape index (κ1) is 8.33. The Morgan fingerprint density at radius 2 is 2.27 bits per heavy atom. The summed E-state index contributed by atoms with van der Waals surface area (Å²) >= 11 is 0. The molecule has 1 rings (SSSR count). The zero-order chi connectivity index (χ0) is 8.27. The Hall–Kier alpha value is -0.770. The van der Waals surface area contributed by atoms with Gasteiger partial charge in [0.15, 0.2) is 0 Å². The van der Waals surface area contributed by atoms with Gasteiger partial charge in [-0.05, 0) is 25.2 Å². The SMILES string of the molecule is CC1CCC(N=C(N)NN)C1. The molecule has 4 nitrogen and oxygen atoms in total. The third-order valence-electron chi connectivity index (χ3n) is 2.14. The summed E-state index contributed by atoms with van der Waals surface area (Å²) in [4.78, 5) is 4.20. The molecule has 1 fully saturated rings. The van der Waals surface area contributed by atoms with E-state index in [-0.39, 0.29) is 0 Å². The smallest absolute Gasteiger partial charge is 0.203 e. The molecular formula is C7H16N4. The fourth-order valence-electron chi connectivity index (χ4n) is 1.53. The van der Waals surface area contributed by atoms with Crippen molar-refractivity contribution in [3.63, 3.8) is 0 Å². The third-order valence-corrected chi connectivity index (χ3v) is 2.14. The van der Waals surface area contributed by atoms with Crippen LogP contribution in [0.3, 0.4) is 0 Å². The van der Waals surface area contributed by atoms with E-state index in [0.29, 0.717) is 12.0 Å². The van der Waals surface area contributed by atoms with E-state index in [2.05, 4.69) is 17.3 Å². The Morgan fingerprint density at radius 3 is 2.73 bits per heavy atom. The monoisotopic (exact) mass is 156 g/mol. The van der Waals surface area contributed by atoms with Crippen molar-refractivity contribution in [2.45, 2.75) is 32.2 Å². The van der Waals surface area contributed by atoms with Crippen LogP contribution in [-0.2, 0) is 0 Å². The van der Waals surface area contributed by atoms with Crippen LogP contribution in [0.1, 0.15) is 26.2 Å². The number of nitrogens with two attached hydrogens (primary N) is 2. The minimum absolute atomic E-state index is 0.351. The van der Waals surface area contributed by atoms with Gasteiger partial charge < -0.3 is 5.73 Å². The molecule has 4 heteroatoms. The first-order valence-corrected chi connectivity index (χ1v) is 4.02. The molecule has 0 aromatic heterocycles. The lowest BCUT2D eigenvalue weighted by molar-refractivity contribution is 0.593. The van der Waals surface area contributed by atoms with Gasteiger partial charge in [0.2, 0.25) is 5.96 Å². The topological polar surface area (TPSA) is 76.4 Å². The number of rotatable bonds is 1. The fraction of sp³-hybridized carbons (Fsp3) is 0.857. The second-order valence-corrected chi connectivity index (χ2v) is 3.23. The van der Waals surface area contributed by atoms with Crippen LogP contribution >= 0.6 is 0 Å². The summed E-state index contributed by atoms with van der Waals surface area (Å²) in [5.41, 5.74) is 7.75. The minimum Gasteiger partial charge on any atom is -0.369 e. The van der Waals surface area contributed by atoms with Crippen molar-refractivity contribution in [3.8, 4) is 0 Å². The molecule has 0 bridgehead atoms. The van der Waals surface area contributed by atoms with Crippen molar-refractivity contribution >= 4 is 5.96 Å². The van der Waals surface area contributed by atoms with Gasteiger partial charge in [-0.25, -0.2) is 10.8 Å². The molecule has 0 aliphatic heterocycles. The number of hydrogen-bond acceptors (Lipinski definition) is 2. The summed E-state index contributed by atoms with van der Waals surface area (Å²) in [5.74, 6) is 6.22. The summed E-state index contributed by atoms with van der Waals surface area (Å²) in [7, 11) is 0. The van der Waals surface area contributed by atoms with Crippen molar-refractivity contribution in [3.05, 3.63) is 0 Å². The standard InChI is InChI=1S/C7H16N4/c1-5-2-3-6(4-5)10-7(8)11-9/h5-6H,2-4,9H2,1H3,(H3,8,10,11). The molecule has 0 radical (unpaired) electrons. The van der Waals surface area contributed by atoms with Crippen LogP contribution in [0.15, 0.2) is 4.99 Å².